The predicted molar refractivity (Wildman–Crippen MR) is 68.1 cm³/mol. The van der Waals surface area contributed by atoms with E-state index in [1.54, 1.807) is 13.0 Å². The predicted octanol–water partition coefficient (Wildman–Crippen LogP) is 3.09. The van der Waals surface area contributed by atoms with Crippen molar-refractivity contribution in [3.8, 4) is 11.6 Å². The molecular weight excluding hydrogens is 231 g/mol. The minimum absolute atomic E-state index is 0.281. The summed E-state index contributed by atoms with van der Waals surface area (Å²) in [5.74, 6) is 0.785. The van der Waals surface area contributed by atoms with Crippen LogP contribution in [0.5, 0.6) is 11.6 Å². The Bertz CT molecular complexity index is 570. The van der Waals surface area contributed by atoms with E-state index >= 15 is 0 Å². The Morgan fingerprint density at radius 3 is 2.67 bits per heavy atom. The number of rotatable bonds is 3. The maximum Gasteiger partial charge on any atom is 0.223 e. The fourth-order valence-electron chi connectivity index (χ4n) is 1.64. The lowest BCUT2D eigenvalue weighted by molar-refractivity contribution is 0.450. The van der Waals surface area contributed by atoms with E-state index < -0.39 is 0 Å². The minimum Gasteiger partial charge on any atom is -0.438 e. The van der Waals surface area contributed by atoms with Crippen molar-refractivity contribution in [2.45, 2.75) is 20.4 Å². The van der Waals surface area contributed by atoms with Gasteiger partial charge in [-0.15, -0.1) is 0 Å². The van der Waals surface area contributed by atoms with Crippen molar-refractivity contribution in [2.75, 3.05) is 0 Å². The first-order chi connectivity index (χ1) is 8.60. The molecule has 0 saturated heterocycles. The number of pyridine rings is 1. The smallest absolute Gasteiger partial charge is 0.223 e. The maximum absolute atomic E-state index is 13.0. The van der Waals surface area contributed by atoms with E-state index in [9.17, 15) is 4.39 Å². The van der Waals surface area contributed by atoms with Gasteiger partial charge < -0.3 is 10.5 Å². The zero-order chi connectivity index (χ0) is 13.1. The zero-order valence-electron chi connectivity index (χ0n) is 10.4. The van der Waals surface area contributed by atoms with Crippen LogP contribution in [0.3, 0.4) is 0 Å². The third-order valence-corrected chi connectivity index (χ3v) is 2.64. The summed E-state index contributed by atoms with van der Waals surface area (Å²) in [5, 5.41) is 0. The number of nitrogens with two attached hydrogens (primary N) is 1. The van der Waals surface area contributed by atoms with Crippen LogP contribution < -0.4 is 10.5 Å². The van der Waals surface area contributed by atoms with Crippen LogP contribution in [0.4, 0.5) is 4.39 Å². The lowest BCUT2D eigenvalue weighted by Crippen LogP contribution is -2.02. The van der Waals surface area contributed by atoms with Gasteiger partial charge in [0.1, 0.15) is 11.6 Å². The first-order valence-electron chi connectivity index (χ1n) is 5.70. The summed E-state index contributed by atoms with van der Waals surface area (Å²) < 4.78 is 18.7. The molecule has 0 aliphatic carbocycles. The lowest BCUT2D eigenvalue weighted by atomic mass is 10.2. The van der Waals surface area contributed by atoms with Crippen LogP contribution >= 0.6 is 0 Å². The summed E-state index contributed by atoms with van der Waals surface area (Å²) in [6.45, 7) is 4.02. The average Bonchev–Trinajstić information content (AvgIpc) is 2.33. The zero-order valence-corrected chi connectivity index (χ0v) is 10.4. The van der Waals surface area contributed by atoms with E-state index in [4.69, 9.17) is 10.5 Å². The van der Waals surface area contributed by atoms with Crippen molar-refractivity contribution in [3.05, 3.63) is 53.0 Å². The molecule has 1 aromatic heterocycles. The molecule has 2 N–H and O–H groups in total. The van der Waals surface area contributed by atoms with Gasteiger partial charge >= 0.3 is 0 Å². The molecule has 0 spiro atoms. The molecule has 0 aliphatic rings. The molecule has 0 radical (unpaired) electrons. The fraction of sp³-hybridized carbons (Fsp3) is 0.214. The summed E-state index contributed by atoms with van der Waals surface area (Å²) in [6.07, 6.45) is 0. The third kappa shape index (κ3) is 2.65. The summed E-state index contributed by atoms with van der Waals surface area (Å²) in [5.41, 5.74) is 8.03. The van der Waals surface area contributed by atoms with E-state index in [1.807, 2.05) is 19.1 Å². The van der Waals surface area contributed by atoms with Crippen LogP contribution in [0.25, 0.3) is 0 Å². The molecule has 0 saturated carbocycles. The Kier molecular flexibility index (Phi) is 3.58. The molecule has 94 valence electrons. The molecule has 1 heterocycles. The van der Waals surface area contributed by atoms with E-state index in [2.05, 4.69) is 4.98 Å². The minimum atomic E-state index is -0.281. The number of hydrogen-bond donors (Lipinski definition) is 1. The van der Waals surface area contributed by atoms with Crippen molar-refractivity contribution in [3.63, 3.8) is 0 Å². The van der Waals surface area contributed by atoms with Crippen molar-refractivity contribution < 1.29 is 9.13 Å². The highest BCUT2D eigenvalue weighted by molar-refractivity contribution is 5.38. The number of halogens is 1. The summed E-state index contributed by atoms with van der Waals surface area (Å²) >= 11 is 0. The molecule has 0 aliphatic heterocycles. The molecule has 4 heteroatoms. The van der Waals surface area contributed by atoms with E-state index in [0.29, 0.717) is 18.2 Å². The Morgan fingerprint density at radius 2 is 2.00 bits per heavy atom. The molecule has 2 rings (SSSR count). The highest BCUT2D eigenvalue weighted by Gasteiger charge is 2.08. The molecule has 1 aromatic carbocycles. The van der Waals surface area contributed by atoms with E-state index in [1.165, 1.54) is 12.1 Å². The van der Waals surface area contributed by atoms with Gasteiger partial charge in [-0.2, -0.15) is 0 Å². The second-order valence-corrected chi connectivity index (χ2v) is 4.13. The summed E-state index contributed by atoms with van der Waals surface area (Å²) in [6, 6.07) is 8.14. The molecule has 0 unspecified atom stereocenters. The van der Waals surface area contributed by atoms with Gasteiger partial charge in [0.15, 0.2) is 0 Å². The number of nitrogens with zero attached hydrogens (tertiary/aromatic N) is 1. The fourth-order valence-corrected chi connectivity index (χ4v) is 1.64. The van der Waals surface area contributed by atoms with Gasteiger partial charge in [0, 0.05) is 17.8 Å². The SMILES string of the molecule is Cc1ccc(CN)c(Oc2ccc(F)cc2C)n1. The van der Waals surface area contributed by atoms with Crippen LogP contribution in [0.2, 0.25) is 0 Å². The number of aromatic nitrogens is 1. The van der Waals surface area contributed by atoms with Crippen LogP contribution in [0.1, 0.15) is 16.8 Å². The van der Waals surface area contributed by atoms with Crippen molar-refractivity contribution in [1.82, 2.24) is 4.98 Å². The quantitative estimate of drug-likeness (QED) is 0.905. The highest BCUT2D eigenvalue weighted by atomic mass is 19.1. The molecule has 3 nitrogen and oxygen atoms in total. The van der Waals surface area contributed by atoms with E-state index in [0.717, 1.165) is 16.8 Å². The Morgan fingerprint density at radius 1 is 1.22 bits per heavy atom. The van der Waals surface area contributed by atoms with Gasteiger partial charge in [-0.05, 0) is 43.7 Å². The van der Waals surface area contributed by atoms with Gasteiger partial charge in [0.25, 0.3) is 0 Å². The van der Waals surface area contributed by atoms with Gasteiger partial charge in [-0.25, -0.2) is 9.37 Å². The first kappa shape index (κ1) is 12.5. The van der Waals surface area contributed by atoms with Crippen molar-refractivity contribution in [1.29, 1.82) is 0 Å². The number of aryl methyl sites for hydroxylation is 2. The standard InChI is InChI=1S/C14H15FN2O/c1-9-7-12(15)5-6-13(9)18-14-11(8-16)4-3-10(2)17-14/h3-7H,8,16H2,1-2H3. The Labute approximate surface area is 105 Å². The van der Waals surface area contributed by atoms with Crippen LogP contribution in [0, 0.1) is 19.7 Å². The maximum atomic E-state index is 13.0. The van der Waals surface area contributed by atoms with Crippen molar-refractivity contribution >= 4 is 0 Å². The molecule has 0 bridgehead atoms. The largest absolute Gasteiger partial charge is 0.438 e. The van der Waals surface area contributed by atoms with Crippen molar-refractivity contribution in [2.24, 2.45) is 5.73 Å². The van der Waals surface area contributed by atoms with Gasteiger partial charge in [-0.1, -0.05) is 6.07 Å². The van der Waals surface area contributed by atoms with Gasteiger partial charge in [-0.3, -0.25) is 0 Å². The molecule has 0 fully saturated rings. The van der Waals surface area contributed by atoms with Crippen LogP contribution in [0.15, 0.2) is 30.3 Å². The first-order valence-corrected chi connectivity index (χ1v) is 5.70. The Balaban J connectivity index is 2.36. The van der Waals surface area contributed by atoms with Gasteiger partial charge in [0.05, 0.1) is 0 Å². The van der Waals surface area contributed by atoms with Crippen LogP contribution in [-0.2, 0) is 6.54 Å². The Hall–Kier alpha value is -1.94. The molecule has 0 atom stereocenters. The molecule has 2 aromatic rings. The third-order valence-electron chi connectivity index (χ3n) is 2.64. The second-order valence-electron chi connectivity index (χ2n) is 4.13. The normalized spacial score (nSPS) is 10.4. The molecule has 0 amide bonds. The van der Waals surface area contributed by atoms with Gasteiger partial charge in [0.2, 0.25) is 5.88 Å². The van der Waals surface area contributed by atoms with E-state index in [-0.39, 0.29) is 5.82 Å². The van der Waals surface area contributed by atoms with Crippen LogP contribution in [-0.4, -0.2) is 4.98 Å². The second kappa shape index (κ2) is 5.14. The summed E-state index contributed by atoms with van der Waals surface area (Å²) in [4.78, 5) is 4.31. The lowest BCUT2D eigenvalue weighted by Gasteiger charge is -2.11. The molecular formula is C14H15FN2O. The number of hydrogen-bond acceptors (Lipinski definition) is 3. The number of ether oxygens (including phenoxy) is 1. The monoisotopic (exact) mass is 246 g/mol. The highest BCUT2D eigenvalue weighted by Crippen LogP contribution is 2.26. The topological polar surface area (TPSA) is 48.1 Å². The average molecular weight is 246 g/mol. The number of benzene rings is 1. The molecule has 18 heavy (non-hydrogen) atoms. The summed E-state index contributed by atoms with van der Waals surface area (Å²) in [7, 11) is 0.